The molecule has 1 aromatic carbocycles. The van der Waals surface area contributed by atoms with Gasteiger partial charge in [0.1, 0.15) is 6.26 Å². The molecule has 0 spiro atoms. The molecule has 0 aliphatic heterocycles. The number of nitrogens with zero attached hydrogens (tertiary/aromatic N) is 1. The van der Waals surface area contributed by atoms with Crippen LogP contribution in [-0.2, 0) is 0 Å². The van der Waals surface area contributed by atoms with E-state index in [-0.39, 0.29) is 0 Å². The summed E-state index contributed by atoms with van der Waals surface area (Å²) in [6, 6.07) is 6.41. The van der Waals surface area contributed by atoms with E-state index >= 15 is 0 Å². The first-order chi connectivity index (χ1) is 7.18. The van der Waals surface area contributed by atoms with Gasteiger partial charge in [0.15, 0.2) is 0 Å². The van der Waals surface area contributed by atoms with E-state index in [9.17, 15) is 0 Å². The van der Waals surface area contributed by atoms with Gasteiger partial charge in [-0.1, -0.05) is 26.0 Å². The third-order valence-electron chi connectivity index (χ3n) is 2.58. The van der Waals surface area contributed by atoms with Crippen LogP contribution in [0.4, 0.5) is 0 Å². The Kier molecular flexibility index (Phi) is 2.58. The zero-order valence-corrected chi connectivity index (χ0v) is 9.32. The van der Waals surface area contributed by atoms with Crippen molar-refractivity contribution in [1.29, 1.82) is 0 Å². The first-order valence-corrected chi connectivity index (χ1v) is 5.19. The molecule has 2 heteroatoms. The highest BCUT2D eigenvalue weighted by atomic mass is 16.3. The van der Waals surface area contributed by atoms with Crippen molar-refractivity contribution in [2.45, 2.75) is 26.7 Å². The molecule has 0 N–H and O–H groups in total. The van der Waals surface area contributed by atoms with Crippen LogP contribution in [0.3, 0.4) is 0 Å². The highest BCUT2D eigenvalue weighted by Crippen LogP contribution is 2.25. The van der Waals surface area contributed by atoms with Gasteiger partial charge < -0.3 is 4.42 Å². The third-order valence-corrected chi connectivity index (χ3v) is 2.58. The molecule has 1 heterocycles. The Morgan fingerprint density at radius 3 is 2.60 bits per heavy atom. The van der Waals surface area contributed by atoms with Gasteiger partial charge in [0.05, 0.1) is 6.20 Å². The molecule has 0 saturated carbocycles. The van der Waals surface area contributed by atoms with Crippen molar-refractivity contribution in [1.82, 2.24) is 4.98 Å². The van der Waals surface area contributed by atoms with Gasteiger partial charge in [-0.25, -0.2) is 4.98 Å². The maximum Gasteiger partial charge on any atom is 0.226 e. The van der Waals surface area contributed by atoms with Crippen LogP contribution >= 0.6 is 0 Å². The minimum Gasteiger partial charge on any atom is -0.445 e. The quantitative estimate of drug-likeness (QED) is 0.739. The maximum absolute atomic E-state index is 5.29. The summed E-state index contributed by atoms with van der Waals surface area (Å²) in [4.78, 5) is 4.16. The first kappa shape index (κ1) is 9.97. The lowest BCUT2D eigenvalue weighted by atomic mass is 9.98. The highest BCUT2D eigenvalue weighted by molar-refractivity contribution is 5.59. The van der Waals surface area contributed by atoms with Gasteiger partial charge in [-0.15, -0.1) is 0 Å². The molecular formula is C13H15NO. The Morgan fingerprint density at radius 2 is 2.07 bits per heavy atom. The zero-order chi connectivity index (χ0) is 10.8. The Hall–Kier alpha value is -1.57. The Labute approximate surface area is 90.0 Å². The summed E-state index contributed by atoms with van der Waals surface area (Å²) in [5.41, 5.74) is 3.64. The van der Waals surface area contributed by atoms with Crippen molar-refractivity contribution in [3.05, 3.63) is 41.8 Å². The number of benzene rings is 1. The molecule has 0 radical (unpaired) electrons. The molecule has 0 bridgehead atoms. The molecule has 0 amide bonds. The lowest BCUT2D eigenvalue weighted by Crippen LogP contribution is -1.90. The average Bonchev–Trinajstić information content (AvgIpc) is 2.70. The lowest BCUT2D eigenvalue weighted by molar-refractivity contribution is 0.574. The summed E-state index contributed by atoms with van der Waals surface area (Å²) in [5.74, 6) is 1.25. The second-order valence-corrected chi connectivity index (χ2v) is 4.07. The number of hydrogen-bond donors (Lipinski definition) is 0. The molecule has 2 aromatic rings. The second-order valence-electron chi connectivity index (χ2n) is 4.07. The molecule has 78 valence electrons. The summed E-state index contributed by atoms with van der Waals surface area (Å²) < 4.78 is 5.29. The minimum atomic E-state index is 0.558. The number of aryl methyl sites for hydroxylation is 1. The predicted octanol–water partition coefficient (Wildman–Crippen LogP) is 3.77. The molecule has 0 aliphatic rings. The van der Waals surface area contributed by atoms with Crippen molar-refractivity contribution in [3.8, 4) is 11.5 Å². The Morgan fingerprint density at radius 1 is 1.27 bits per heavy atom. The molecule has 1 aromatic heterocycles. The van der Waals surface area contributed by atoms with Crippen LogP contribution in [0.1, 0.15) is 30.9 Å². The summed E-state index contributed by atoms with van der Waals surface area (Å²) in [6.07, 6.45) is 3.27. The van der Waals surface area contributed by atoms with Gasteiger partial charge >= 0.3 is 0 Å². The van der Waals surface area contributed by atoms with Crippen molar-refractivity contribution in [2.24, 2.45) is 0 Å². The second kappa shape index (κ2) is 3.89. The normalized spacial score (nSPS) is 10.9. The van der Waals surface area contributed by atoms with Crippen LogP contribution in [0.2, 0.25) is 0 Å². The molecular weight excluding hydrogens is 186 g/mol. The van der Waals surface area contributed by atoms with Gasteiger partial charge in [-0.2, -0.15) is 0 Å². The fraction of sp³-hybridized carbons (Fsp3) is 0.308. The standard InChI is InChI=1S/C13H15NO/c1-9(2)11-4-5-12(10(3)8-11)13-14-6-7-15-13/h4-9H,1-3H3. The zero-order valence-electron chi connectivity index (χ0n) is 9.32. The van der Waals surface area contributed by atoms with Crippen molar-refractivity contribution < 1.29 is 4.42 Å². The Balaban J connectivity index is 2.44. The van der Waals surface area contributed by atoms with Crippen LogP contribution in [0, 0.1) is 6.92 Å². The van der Waals surface area contributed by atoms with E-state index in [1.54, 1.807) is 12.5 Å². The number of oxazole rings is 1. The summed E-state index contributed by atoms with van der Waals surface area (Å²) in [5, 5.41) is 0. The van der Waals surface area contributed by atoms with Gasteiger partial charge in [0.25, 0.3) is 0 Å². The van der Waals surface area contributed by atoms with E-state index in [4.69, 9.17) is 4.42 Å². The first-order valence-electron chi connectivity index (χ1n) is 5.19. The van der Waals surface area contributed by atoms with E-state index in [2.05, 4.69) is 44.0 Å². The average molecular weight is 201 g/mol. The van der Waals surface area contributed by atoms with E-state index in [0.717, 1.165) is 5.56 Å². The SMILES string of the molecule is Cc1cc(C(C)C)ccc1-c1ncco1. The summed E-state index contributed by atoms with van der Waals surface area (Å²) in [7, 11) is 0. The molecule has 0 unspecified atom stereocenters. The molecule has 0 atom stereocenters. The number of aromatic nitrogens is 1. The number of hydrogen-bond acceptors (Lipinski definition) is 2. The van der Waals surface area contributed by atoms with Crippen molar-refractivity contribution in [3.63, 3.8) is 0 Å². The van der Waals surface area contributed by atoms with Crippen molar-refractivity contribution >= 4 is 0 Å². The van der Waals surface area contributed by atoms with Gasteiger partial charge in [-0.05, 0) is 30.0 Å². The van der Waals surface area contributed by atoms with Crippen LogP contribution < -0.4 is 0 Å². The molecule has 15 heavy (non-hydrogen) atoms. The van der Waals surface area contributed by atoms with Gasteiger partial charge in [0.2, 0.25) is 5.89 Å². The van der Waals surface area contributed by atoms with E-state index in [1.165, 1.54) is 11.1 Å². The lowest BCUT2D eigenvalue weighted by Gasteiger charge is -2.08. The van der Waals surface area contributed by atoms with E-state index in [1.807, 2.05) is 0 Å². The monoisotopic (exact) mass is 201 g/mol. The summed E-state index contributed by atoms with van der Waals surface area (Å²) in [6.45, 7) is 6.48. The molecule has 0 fully saturated rings. The topological polar surface area (TPSA) is 26.0 Å². The maximum atomic E-state index is 5.29. The molecule has 0 aliphatic carbocycles. The minimum absolute atomic E-state index is 0.558. The van der Waals surface area contributed by atoms with Crippen molar-refractivity contribution in [2.75, 3.05) is 0 Å². The Bertz CT molecular complexity index is 444. The number of rotatable bonds is 2. The van der Waals surface area contributed by atoms with Crippen LogP contribution in [0.15, 0.2) is 35.1 Å². The van der Waals surface area contributed by atoms with Crippen LogP contribution in [-0.4, -0.2) is 4.98 Å². The fourth-order valence-corrected chi connectivity index (χ4v) is 1.64. The largest absolute Gasteiger partial charge is 0.445 e. The van der Waals surface area contributed by atoms with Crippen LogP contribution in [0.25, 0.3) is 11.5 Å². The van der Waals surface area contributed by atoms with Crippen LogP contribution in [0.5, 0.6) is 0 Å². The van der Waals surface area contributed by atoms with Gasteiger partial charge in [0, 0.05) is 5.56 Å². The van der Waals surface area contributed by atoms with Gasteiger partial charge in [-0.3, -0.25) is 0 Å². The molecule has 2 rings (SSSR count). The predicted molar refractivity (Wildman–Crippen MR) is 60.8 cm³/mol. The summed E-state index contributed by atoms with van der Waals surface area (Å²) >= 11 is 0. The fourth-order valence-electron chi connectivity index (χ4n) is 1.64. The highest BCUT2D eigenvalue weighted by Gasteiger charge is 2.07. The van der Waals surface area contributed by atoms with E-state index in [0.29, 0.717) is 11.8 Å². The smallest absolute Gasteiger partial charge is 0.226 e. The molecule has 0 saturated heterocycles. The molecule has 2 nitrogen and oxygen atoms in total. The van der Waals surface area contributed by atoms with E-state index < -0.39 is 0 Å². The third kappa shape index (κ3) is 1.94.